The van der Waals surface area contributed by atoms with E-state index in [1.807, 2.05) is 75.4 Å². The summed E-state index contributed by atoms with van der Waals surface area (Å²) in [5.41, 5.74) is 3.27. The van der Waals surface area contributed by atoms with Gasteiger partial charge in [0.1, 0.15) is 5.75 Å². The smallest absolute Gasteiger partial charge is 0.272 e. The summed E-state index contributed by atoms with van der Waals surface area (Å²) in [6.07, 6.45) is 0. The quantitative estimate of drug-likeness (QED) is 0.730. The molecule has 1 amide bonds. The largest absolute Gasteiger partial charge is 0.494 e. The summed E-state index contributed by atoms with van der Waals surface area (Å²) in [7, 11) is 0. The highest BCUT2D eigenvalue weighted by atomic mass is 16.5. The number of amides is 1. The van der Waals surface area contributed by atoms with Crippen molar-refractivity contribution in [1.82, 2.24) is 15.1 Å². The second kappa shape index (κ2) is 7.87. The van der Waals surface area contributed by atoms with Crippen molar-refractivity contribution in [2.75, 3.05) is 6.61 Å². The molecule has 0 aliphatic rings. The van der Waals surface area contributed by atoms with Crippen LogP contribution < -0.4 is 10.1 Å². The van der Waals surface area contributed by atoms with Crippen molar-refractivity contribution >= 4 is 5.91 Å². The highest BCUT2D eigenvalue weighted by Gasteiger charge is 2.16. The average molecular weight is 349 g/mol. The number of carbonyl (C=O) groups is 1. The first kappa shape index (κ1) is 17.7. The Morgan fingerprint density at radius 2 is 1.85 bits per heavy atom. The van der Waals surface area contributed by atoms with Crippen molar-refractivity contribution in [3.63, 3.8) is 0 Å². The third-order valence-corrected chi connectivity index (χ3v) is 4.16. The standard InChI is InChI=1S/C21H23N3O2/c1-4-26-19-12-10-17(11-13-19)16(3)22-21(25)20-14-15(2)24(23-20)18-8-6-5-7-9-18/h5-14,16H,4H2,1-3H3,(H,22,25). The van der Waals surface area contributed by atoms with Gasteiger partial charge in [0.2, 0.25) is 0 Å². The molecule has 0 bridgehead atoms. The summed E-state index contributed by atoms with van der Waals surface area (Å²) >= 11 is 0. The van der Waals surface area contributed by atoms with Gasteiger partial charge in [0, 0.05) is 5.69 Å². The van der Waals surface area contributed by atoms with Gasteiger partial charge in [-0.25, -0.2) is 4.68 Å². The predicted octanol–water partition coefficient (Wildman–Crippen LogP) is 4.07. The van der Waals surface area contributed by atoms with E-state index in [0.29, 0.717) is 12.3 Å². The van der Waals surface area contributed by atoms with Crippen LogP contribution in [0.15, 0.2) is 60.7 Å². The highest BCUT2D eigenvalue weighted by molar-refractivity contribution is 5.92. The average Bonchev–Trinajstić information content (AvgIpc) is 3.05. The minimum atomic E-state index is -0.191. The molecule has 1 N–H and O–H groups in total. The number of para-hydroxylation sites is 1. The molecule has 0 radical (unpaired) electrons. The van der Waals surface area contributed by atoms with E-state index in [-0.39, 0.29) is 11.9 Å². The van der Waals surface area contributed by atoms with Gasteiger partial charge in [0.15, 0.2) is 5.69 Å². The molecule has 134 valence electrons. The normalized spacial score (nSPS) is 11.8. The van der Waals surface area contributed by atoms with Crippen molar-refractivity contribution in [3.05, 3.63) is 77.6 Å². The van der Waals surface area contributed by atoms with Crippen molar-refractivity contribution in [3.8, 4) is 11.4 Å². The minimum Gasteiger partial charge on any atom is -0.494 e. The molecule has 3 aromatic rings. The van der Waals surface area contributed by atoms with Crippen LogP contribution >= 0.6 is 0 Å². The van der Waals surface area contributed by atoms with E-state index in [4.69, 9.17) is 4.74 Å². The van der Waals surface area contributed by atoms with E-state index in [2.05, 4.69) is 10.4 Å². The van der Waals surface area contributed by atoms with Crippen LogP contribution in [0.5, 0.6) is 5.75 Å². The molecule has 2 aromatic carbocycles. The monoisotopic (exact) mass is 349 g/mol. The lowest BCUT2D eigenvalue weighted by molar-refractivity contribution is 0.0934. The second-order valence-electron chi connectivity index (χ2n) is 6.12. The zero-order valence-corrected chi connectivity index (χ0v) is 15.3. The Morgan fingerprint density at radius 3 is 2.50 bits per heavy atom. The zero-order chi connectivity index (χ0) is 18.5. The molecule has 1 aromatic heterocycles. The van der Waals surface area contributed by atoms with Gasteiger partial charge in [0.25, 0.3) is 5.91 Å². The Labute approximate surface area is 153 Å². The summed E-state index contributed by atoms with van der Waals surface area (Å²) < 4.78 is 7.22. The number of carbonyl (C=O) groups excluding carboxylic acids is 1. The molecule has 5 nitrogen and oxygen atoms in total. The maximum absolute atomic E-state index is 12.6. The van der Waals surface area contributed by atoms with Gasteiger partial charge in [-0.1, -0.05) is 30.3 Å². The molecule has 5 heteroatoms. The fraction of sp³-hybridized carbons (Fsp3) is 0.238. The van der Waals surface area contributed by atoms with Gasteiger partial charge in [-0.15, -0.1) is 0 Å². The van der Waals surface area contributed by atoms with Crippen molar-refractivity contribution in [1.29, 1.82) is 0 Å². The van der Waals surface area contributed by atoms with Crippen LogP contribution in [-0.2, 0) is 0 Å². The summed E-state index contributed by atoms with van der Waals surface area (Å²) in [6, 6.07) is 19.2. The van der Waals surface area contributed by atoms with Crippen LogP contribution in [0, 0.1) is 6.92 Å². The topological polar surface area (TPSA) is 56.1 Å². The molecule has 0 saturated carbocycles. The number of hydrogen-bond acceptors (Lipinski definition) is 3. The Morgan fingerprint density at radius 1 is 1.15 bits per heavy atom. The van der Waals surface area contributed by atoms with Crippen LogP contribution in [0.4, 0.5) is 0 Å². The van der Waals surface area contributed by atoms with Gasteiger partial charge in [0.05, 0.1) is 18.3 Å². The number of ether oxygens (including phenoxy) is 1. The summed E-state index contributed by atoms with van der Waals surface area (Å²) in [5, 5.41) is 7.45. The van der Waals surface area contributed by atoms with Crippen LogP contribution in [0.2, 0.25) is 0 Å². The highest BCUT2D eigenvalue weighted by Crippen LogP contribution is 2.18. The third kappa shape index (κ3) is 3.94. The maximum atomic E-state index is 12.6. The molecule has 1 atom stereocenters. The molecular formula is C21H23N3O2. The van der Waals surface area contributed by atoms with Crippen LogP contribution in [0.1, 0.15) is 41.6 Å². The Kier molecular flexibility index (Phi) is 5.37. The first-order valence-corrected chi connectivity index (χ1v) is 8.74. The predicted molar refractivity (Wildman–Crippen MR) is 102 cm³/mol. The lowest BCUT2D eigenvalue weighted by atomic mass is 10.1. The Hall–Kier alpha value is -3.08. The third-order valence-electron chi connectivity index (χ3n) is 4.16. The van der Waals surface area contributed by atoms with E-state index in [1.54, 1.807) is 10.7 Å². The molecule has 0 fully saturated rings. The molecule has 1 unspecified atom stereocenters. The summed E-state index contributed by atoms with van der Waals surface area (Å²) in [5.74, 6) is 0.635. The van der Waals surface area contributed by atoms with Gasteiger partial charge in [-0.2, -0.15) is 5.10 Å². The van der Waals surface area contributed by atoms with Crippen molar-refractivity contribution in [2.24, 2.45) is 0 Å². The first-order chi connectivity index (χ1) is 12.6. The molecule has 26 heavy (non-hydrogen) atoms. The van der Waals surface area contributed by atoms with E-state index < -0.39 is 0 Å². The number of nitrogens with one attached hydrogen (secondary N) is 1. The molecule has 0 aliphatic carbocycles. The van der Waals surface area contributed by atoms with Crippen LogP contribution in [-0.4, -0.2) is 22.3 Å². The van der Waals surface area contributed by atoms with Crippen molar-refractivity contribution in [2.45, 2.75) is 26.8 Å². The van der Waals surface area contributed by atoms with E-state index >= 15 is 0 Å². The second-order valence-corrected chi connectivity index (χ2v) is 6.12. The Balaban J connectivity index is 1.72. The lowest BCUT2D eigenvalue weighted by Crippen LogP contribution is -2.27. The number of aryl methyl sites for hydroxylation is 1. The number of aromatic nitrogens is 2. The molecule has 3 rings (SSSR count). The fourth-order valence-corrected chi connectivity index (χ4v) is 2.79. The Bertz CT molecular complexity index is 870. The van der Waals surface area contributed by atoms with Crippen LogP contribution in [0.3, 0.4) is 0 Å². The molecule has 1 heterocycles. The zero-order valence-electron chi connectivity index (χ0n) is 15.3. The summed E-state index contributed by atoms with van der Waals surface area (Å²) in [4.78, 5) is 12.6. The van der Waals surface area contributed by atoms with E-state index in [1.165, 1.54) is 0 Å². The molecule has 0 spiro atoms. The van der Waals surface area contributed by atoms with Crippen molar-refractivity contribution < 1.29 is 9.53 Å². The number of nitrogens with zero attached hydrogens (tertiary/aromatic N) is 2. The minimum absolute atomic E-state index is 0.125. The molecular weight excluding hydrogens is 326 g/mol. The van der Waals surface area contributed by atoms with E-state index in [0.717, 1.165) is 22.7 Å². The van der Waals surface area contributed by atoms with Crippen LogP contribution in [0.25, 0.3) is 5.69 Å². The number of rotatable bonds is 6. The SMILES string of the molecule is CCOc1ccc(C(C)NC(=O)c2cc(C)n(-c3ccccc3)n2)cc1. The first-order valence-electron chi connectivity index (χ1n) is 8.74. The maximum Gasteiger partial charge on any atom is 0.272 e. The fourth-order valence-electron chi connectivity index (χ4n) is 2.79. The van der Waals surface area contributed by atoms with Gasteiger partial charge in [-0.3, -0.25) is 4.79 Å². The molecule has 0 aliphatic heterocycles. The summed E-state index contributed by atoms with van der Waals surface area (Å²) in [6.45, 7) is 6.48. The molecule has 0 saturated heterocycles. The van der Waals surface area contributed by atoms with E-state index in [9.17, 15) is 4.79 Å². The number of benzene rings is 2. The van der Waals surface area contributed by atoms with Gasteiger partial charge < -0.3 is 10.1 Å². The lowest BCUT2D eigenvalue weighted by Gasteiger charge is -2.14. The number of hydrogen-bond donors (Lipinski definition) is 1. The van der Waals surface area contributed by atoms with Gasteiger partial charge >= 0.3 is 0 Å². The van der Waals surface area contributed by atoms with Gasteiger partial charge in [-0.05, 0) is 56.7 Å².